The molecule has 1 aliphatic rings. The number of amides is 7. The number of aliphatic hydroxyl groups is 1. The summed E-state index contributed by atoms with van der Waals surface area (Å²) in [6, 6.07) is 0.528. The Bertz CT molecular complexity index is 2140. The molecule has 1 heterocycles. The molecule has 1 aromatic rings. The third kappa shape index (κ3) is 19.5. The highest BCUT2D eigenvalue weighted by Crippen LogP contribution is 2.17. The molecule has 1 saturated heterocycles. The van der Waals surface area contributed by atoms with Crippen LogP contribution in [-0.2, 0) is 49.6 Å². The first-order chi connectivity index (χ1) is 32.7. The summed E-state index contributed by atoms with van der Waals surface area (Å²) < 4.78 is 0. The molecule has 1 fully saturated rings. The number of guanidine groups is 1. The minimum absolute atomic E-state index is 0.000429. The van der Waals surface area contributed by atoms with Crippen molar-refractivity contribution in [2.45, 2.75) is 129 Å². The lowest BCUT2D eigenvalue weighted by atomic mass is 9.94. The minimum Gasteiger partial charge on any atom is -0.480 e. The third-order valence-corrected chi connectivity index (χ3v) is 11.7. The van der Waals surface area contributed by atoms with Crippen LogP contribution in [0.3, 0.4) is 0 Å². The summed E-state index contributed by atoms with van der Waals surface area (Å²) in [6.45, 7) is 14.6. The second kappa shape index (κ2) is 28.4. The second-order valence-corrected chi connectivity index (χ2v) is 18.1. The van der Waals surface area contributed by atoms with Gasteiger partial charge in [-0.3, -0.25) is 38.6 Å². The summed E-state index contributed by atoms with van der Waals surface area (Å²) in [5.41, 5.74) is 12.1. The number of rotatable bonds is 14. The predicted molar refractivity (Wildman–Crippen MR) is 260 cm³/mol. The molecular formula is C48H72N10O12. The second-order valence-electron chi connectivity index (χ2n) is 18.1. The number of nitrogens with zero attached hydrogens (tertiary/aromatic N) is 2. The molecule has 0 aliphatic carbocycles. The van der Waals surface area contributed by atoms with Crippen LogP contribution in [0.5, 0.6) is 0 Å². The average molecular weight is 981 g/mol. The van der Waals surface area contributed by atoms with E-state index in [1.807, 2.05) is 37.3 Å². The SMILES string of the molecule is C=C1C(=O)N[C@H](C)C(=O)N[C@@H](CC(C)C)C(=O)N[C@@H](C(=O)O)[C@H](C)C(=O)N[C@@H](CCCN=C(N)N)C(=O)N[C@@H](/C=C/C(C)=C/[C@H](C)[C@@H](O)Cc2ccccc2)[C@H](C)C(=O)N[C@@H](C(=O)O)CCC(=O)N1C. The quantitative estimate of drug-likeness (QED) is 0.0384. The van der Waals surface area contributed by atoms with E-state index in [1.54, 1.807) is 32.9 Å². The van der Waals surface area contributed by atoms with E-state index in [1.165, 1.54) is 33.9 Å². The number of aliphatic hydroxyl groups excluding tert-OH is 1. The highest BCUT2D eigenvalue weighted by Gasteiger charge is 2.37. The summed E-state index contributed by atoms with van der Waals surface area (Å²) in [5, 5.41) is 46.3. The minimum atomic E-state index is -1.89. The monoisotopic (exact) mass is 981 g/mol. The van der Waals surface area contributed by atoms with Crippen molar-refractivity contribution in [2.75, 3.05) is 13.6 Å². The van der Waals surface area contributed by atoms with Gasteiger partial charge in [0.25, 0.3) is 5.91 Å². The van der Waals surface area contributed by atoms with E-state index in [9.17, 15) is 58.5 Å². The van der Waals surface area contributed by atoms with Crippen molar-refractivity contribution in [3.8, 4) is 0 Å². The van der Waals surface area contributed by atoms with Crippen molar-refractivity contribution in [1.82, 2.24) is 36.8 Å². The van der Waals surface area contributed by atoms with Crippen LogP contribution in [0.2, 0.25) is 0 Å². The zero-order valence-corrected chi connectivity index (χ0v) is 41.2. The highest BCUT2D eigenvalue weighted by atomic mass is 16.4. The van der Waals surface area contributed by atoms with Crippen LogP contribution in [0.15, 0.2) is 71.4 Å². The molecular weight excluding hydrogens is 909 g/mol. The summed E-state index contributed by atoms with van der Waals surface area (Å²) >= 11 is 0. The number of allylic oxidation sites excluding steroid dienone is 2. The van der Waals surface area contributed by atoms with E-state index in [0.717, 1.165) is 10.5 Å². The Kier molecular flexibility index (Phi) is 24.0. The molecule has 0 aromatic heterocycles. The number of carboxylic acids is 2. The maximum Gasteiger partial charge on any atom is 0.327 e. The van der Waals surface area contributed by atoms with Gasteiger partial charge in [-0.05, 0) is 57.4 Å². The molecule has 2 rings (SSSR count). The van der Waals surface area contributed by atoms with E-state index in [2.05, 4.69) is 43.5 Å². The zero-order chi connectivity index (χ0) is 53.0. The molecule has 0 radical (unpaired) electrons. The van der Waals surface area contributed by atoms with E-state index >= 15 is 0 Å². The van der Waals surface area contributed by atoms with E-state index in [0.29, 0.717) is 12.0 Å². The van der Waals surface area contributed by atoms with Crippen LogP contribution < -0.4 is 43.4 Å². The lowest BCUT2D eigenvalue weighted by molar-refractivity contribution is -0.146. The number of hydrogen-bond donors (Lipinski definition) is 11. The van der Waals surface area contributed by atoms with Crippen molar-refractivity contribution < 1.29 is 58.5 Å². The summed E-state index contributed by atoms with van der Waals surface area (Å²) in [7, 11) is 1.20. The molecule has 22 nitrogen and oxygen atoms in total. The van der Waals surface area contributed by atoms with E-state index < -0.39 is 126 Å². The molecule has 7 amide bonds. The number of carbonyl (C=O) groups is 9. The number of aliphatic carboxylic acids is 2. The van der Waals surface area contributed by atoms with Crippen molar-refractivity contribution >= 4 is 59.2 Å². The summed E-state index contributed by atoms with van der Waals surface area (Å²) in [4.78, 5) is 126. The number of carboxylic acid groups (broad SMARTS) is 2. The van der Waals surface area contributed by atoms with Gasteiger partial charge < -0.3 is 63.6 Å². The molecule has 0 saturated carbocycles. The number of benzene rings is 1. The Hall–Kier alpha value is -7.10. The Balaban J connectivity index is 2.71. The number of hydrogen-bond acceptors (Lipinski definition) is 11. The van der Waals surface area contributed by atoms with Gasteiger partial charge in [0.1, 0.15) is 35.9 Å². The third-order valence-electron chi connectivity index (χ3n) is 11.7. The Labute approximate surface area is 408 Å². The van der Waals surface area contributed by atoms with Gasteiger partial charge in [-0.1, -0.05) is 95.3 Å². The Morgan fingerprint density at radius 1 is 0.829 bits per heavy atom. The molecule has 0 unspecified atom stereocenters. The normalized spacial score (nSPS) is 25.5. The summed E-state index contributed by atoms with van der Waals surface area (Å²) in [5.74, 6) is -13.0. The van der Waals surface area contributed by atoms with Gasteiger partial charge in [-0.15, -0.1) is 0 Å². The maximum atomic E-state index is 14.3. The van der Waals surface area contributed by atoms with Crippen molar-refractivity contribution in [3.05, 3.63) is 72.0 Å². The van der Waals surface area contributed by atoms with Crippen LogP contribution in [-0.4, -0.2) is 135 Å². The fourth-order valence-electron chi connectivity index (χ4n) is 7.17. The number of nitrogens with two attached hydrogens (primary N) is 2. The van der Waals surface area contributed by atoms with Crippen molar-refractivity contribution in [1.29, 1.82) is 0 Å². The van der Waals surface area contributed by atoms with E-state index in [-0.39, 0.29) is 43.6 Å². The number of nitrogens with one attached hydrogen (secondary N) is 6. The Morgan fingerprint density at radius 3 is 2.01 bits per heavy atom. The smallest absolute Gasteiger partial charge is 0.327 e. The van der Waals surface area contributed by atoms with Gasteiger partial charge in [0.15, 0.2) is 5.96 Å². The maximum absolute atomic E-state index is 14.3. The van der Waals surface area contributed by atoms with Gasteiger partial charge in [0, 0.05) is 25.9 Å². The predicted octanol–water partition coefficient (Wildman–Crippen LogP) is -0.0357. The first kappa shape index (κ1) is 59.0. The molecule has 386 valence electrons. The van der Waals surface area contributed by atoms with Crippen LogP contribution in [0.4, 0.5) is 0 Å². The lowest BCUT2D eigenvalue weighted by Gasteiger charge is -2.28. The van der Waals surface area contributed by atoms with Crippen LogP contribution in [0.1, 0.15) is 86.1 Å². The topological polar surface area (TPSA) is 354 Å². The number of carbonyl (C=O) groups excluding carboxylic acids is 7. The number of likely N-dealkylation sites (N-methyl/N-ethyl adjacent to an activating group) is 1. The molecule has 70 heavy (non-hydrogen) atoms. The molecule has 22 heteroatoms. The average Bonchev–Trinajstić information content (AvgIpc) is 3.29. The fourth-order valence-corrected chi connectivity index (χ4v) is 7.17. The fraction of sp³-hybridized carbons (Fsp3) is 0.542. The van der Waals surface area contributed by atoms with Gasteiger partial charge in [-0.2, -0.15) is 0 Å². The van der Waals surface area contributed by atoms with Crippen molar-refractivity contribution in [2.24, 2.45) is 40.1 Å². The van der Waals surface area contributed by atoms with E-state index in [4.69, 9.17) is 11.5 Å². The van der Waals surface area contributed by atoms with Crippen LogP contribution in [0.25, 0.3) is 0 Å². The molecule has 0 spiro atoms. The number of aliphatic imine (C=N–C) groups is 1. The van der Waals surface area contributed by atoms with Gasteiger partial charge in [-0.25, -0.2) is 9.59 Å². The van der Waals surface area contributed by atoms with Gasteiger partial charge in [0.05, 0.1) is 24.0 Å². The zero-order valence-electron chi connectivity index (χ0n) is 41.2. The summed E-state index contributed by atoms with van der Waals surface area (Å²) in [6.07, 6.45) is 3.51. The van der Waals surface area contributed by atoms with Crippen LogP contribution >= 0.6 is 0 Å². The molecule has 10 atom stereocenters. The van der Waals surface area contributed by atoms with Gasteiger partial charge >= 0.3 is 11.9 Å². The van der Waals surface area contributed by atoms with Gasteiger partial charge in [0.2, 0.25) is 35.4 Å². The van der Waals surface area contributed by atoms with Crippen LogP contribution in [0, 0.1) is 23.7 Å². The molecule has 1 aromatic carbocycles. The first-order valence-corrected chi connectivity index (χ1v) is 23.1. The highest BCUT2D eigenvalue weighted by molar-refractivity contribution is 6.00. The molecule has 13 N–H and O–H groups in total. The molecule has 0 bridgehead atoms. The first-order valence-electron chi connectivity index (χ1n) is 23.1. The molecule has 1 aliphatic heterocycles. The van der Waals surface area contributed by atoms with Crippen molar-refractivity contribution in [3.63, 3.8) is 0 Å². The standard InChI is InChI=1S/C48H72N10O12/c1-25(2)22-36-45(66)57-39(47(69)70)29(6)41(62)54-34(16-13-21-51-48(49)50)44(65)53-33(18-17-26(3)23-27(4)37(59)24-32-14-11-10-12-15-32)28(5)40(61)55-35(46(67)68)19-20-38(60)58(9)31(8)43(64)52-30(7)42(63)56-36/h10-12,14-15,17-18,23,25,27-30,33-37,39,59H,8,13,16,19-22,24H2,1-7,9H3,(H,52,64)(H,53,65)(H,54,62)(H,55,61)(H,56,63)(H,57,66)(H,67,68)(H,69,70)(H4,49,50,51)/b18-17+,26-23+/t27-,28-,29-,30+,33-,34-,35+,36-,37-,39+/m0/s1. The Morgan fingerprint density at radius 2 is 1.43 bits per heavy atom. The largest absolute Gasteiger partial charge is 0.480 e. The lowest BCUT2D eigenvalue weighted by Crippen LogP contribution is -2.59.